The first-order chi connectivity index (χ1) is 8.90. The maximum Gasteiger partial charge on any atom is 0.132 e. The third-order valence-corrected chi connectivity index (χ3v) is 2.84. The molecule has 0 aliphatic heterocycles. The molecule has 1 aromatic carbocycles. The molecule has 2 aromatic rings. The average molecular weight is 244 g/mol. The van der Waals surface area contributed by atoms with Crippen molar-refractivity contribution in [2.75, 3.05) is 11.9 Å². The van der Waals surface area contributed by atoms with Crippen LogP contribution in [0.2, 0.25) is 0 Å². The van der Waals surface area contributed by atoms with E-state index in [1.54, 1.807) is 0 Å². The van der Waals surface area contributed by atoms with E-state index in [-0.39, 0.29) is 0 Å². The van der Waals surface area contributed by atoms with Crippen molar-refractivity contribution in [2.45, 2.75) is 32.7 Å². The van der Waals surface area contributed by atoms with Gasteiger partial charge in [0, 0.05) is 25.2 Å². The summed E-state index contributed by atoms with van der Waals surface area (Å²) in [6, 6.07) is 10.3. The lowest BCUT2D eigenvalue weighted by Gasteiger charge is -2.07. The second-order valence-electron chi connectivity index (χ2n) is 4.34. The van der Waals surface area contributed by atoms with Crippen molar-refractivity contribution >= 4 is 5.69 Å². The number of anilines is 1. The van der Waals surface area contributed by atoms with Gasteiger partial charge in [0.2, 0.25) is 0 Å². The molecular formula is C14H20N4. The van der Waals surface area contributed by atoms with Gasteiger partial charge in [-0.05, 0) is 25.0 Å². The lowest BCUT2D eigenvalue weighted by atomic mass is 10.2. The molecule has 0 radical (unpaired) electrons. The van der Waals surface area contributed by atoms with Crippen LogP contribution in [0.25, 0.3) is 0 Å². The summed E-state index contributed by atoms with van der Waals surface area (Å²) < 4.78 is 2.14. The monoisotopic (exact) mass is 244 g/mol. The van der Waals surface area contributed by atoms with Crippen LogP contribution in [0.15, 0.2) is 36.7 Å². The fourth-order valence-corrected chi connectivity index (χ4v) is 1.94. The van der Waals surface area contributed by atoms with Crippen molar-refractivity contribution in [2.24, 2.45) is 0 Å². The van der Waals surface area contributed by atoms with Crippen LogP contribution in [0.3, 0.4) is 0 Å². The van der Waals surface area contributed by atoms with Crippen LogP contribution >= 0.6 is 0 Å². The van der Waals surface area contributed by atoms with E-state index in [9.17, 15) is 0 Å². The Balaban J connectivity index is 1.73. The average Bonchev–Trinajstić information content (AvgIpc) is 2.84. The smallest absolute Gasteiger partial charge is 0.132 e. The number of hydrogen-bond donors (Lipinski definition) is 1. The predicted octanol–water partition coefficient (Wildman–Crippen LogP) is 2.73. The predicted molar refractivity (Wildman–Crippen MR) is 73.6 cm³/mol. The van der Waals surface area contributed by atoms with Crippen LogP contribution in [0.5, 0.6) is 0 Å². The zero-order valence-corrected chi connectivity index (χ0v) is 10.8. The largest absolute Gasteiger partial charge is 0.385 e. The second kappa shape index (κ2) is 6.79. The van der Waals surface area contributed by atoms with E-state index in [1.165, 1.54) is 5.69 Å². The summed E-state index contributed by atoms with van der Waals surface area (Å²) in [4.78, 5) is 0. The molecule has 0 saturated carbocycles. The molecule has 0 saturated heterocycles. The lowest BCUT2D eigenvalue weighted by Crippen LogP contribution is -2.07. The van der Waals surface area contributed by atoms with Gasteiger partial charge in [-0.25, -0.2) is 0 Å². The van der Waals surface area contributed by atoms with E-state index in [0.29, 0.717) is 0 Å². The van der Waals surface area contributed by atoms with Gasteiger partial charge < -0.3 is 9.88 Å². The number of hydrogen-bond acceptors (Lipinski definition) is 3. The third-order valence-electron chi connectivity index (χ3n) is 2.84. The number of aromatic nitrogens is 3. The molecule has 0 unspecified atom stereocenters. The van der Waals surface area contributed by atoms with Crippen LogP contribution in [0, 0.1) is 0 Å². The Morgan fingerprint density at radius 2 is 2.06 bits per heavy atom. The molecule has 0 fully saturated rings. The van der Waals surface area contributed by atoms with Crippen molar-refractivity contribution in [3.63, 3.8) is 0 Å². The standard InChI is InChI=1S/C14H20N4/c1-2-11-18-12-16-17-14(18)9-6-10-15-13-7-4-3-5-8-13/h3-5,7-8,12,15H,2,6,9-11H2,1H3. The minimum absolute atomic E-state index is 0.961. The summed E-state index contributed by atoms with van der Waals surface area (Å²) in [7, 11) is 0. The minimum atomic E-state index is 0.961. The molecule has 0 atom stereocenters. The Bertz CT molecular complexity index is 450. The molecule has 1 heterocycles. The topological polar surface area (TPSA) is 42.7 Å². The number of benzene rings is 1. The first-order valence-corrected chi connectivity index (χ1v) is 6.55. The normalized spacial score (nSPS) is 10.5. The summed E-state index contributed by atoms with van der Waals surface area (Å²) in [5.74, 6) is 1.09. The molecule has 18 heavy (non-hydrogen) atoms. The SMILES string of the molecule is CCCn1cnnc1CCCNc1ccccc1. The van der Waals surface area contributed by atoms with Crippen LogP contribution in [0.4, 0.5) is 5.69 Å². The number of aryl methyl sites for hydroxylation is 2. The Morgan fingerprint density at radius 3 is 2.83 bits per heavy atom. The molecule has 0 amide bonds. The van der Waals surface area contributed by atoms with E-state index < -0.39 is 0 Å². The zero-order chi connectivity index (χ0) is 12.6. The molecule has 1 aromatic heterocycles. The van der Waals surface area contributed by atoms with Crippen molar-refractivity contribution in [3.05, 3.63) is 42.5 Å². The summed E-state index contributed by atoms with van der Waals surface area (Å²) >= 11 is 0. The zero-order valence-electron chi connectivity index (χ0n) is 10.8. The van der Waals surface area contributed by atoms with Gasteiger partial charge in [-0.15, -0.1) is 10.2 Å². The van der Waals surface area contributed by atoms with Gasteiger partial charge in [0.1, 0.15) is 12.2 Å². The molecule has 96 valence electrons. The molecule has 0 aliphatic carbocycles. The maximum atomic E-state index is 4.16. The molecule has 4 heteroatoms. The highest BCUT2D eigenvalue weighted by Gasteiger charge is 2.02. The van der Waals surface area contributed by atoms with Crippen LogP contribution in [0.1, 0.15) is 25.6 Å². The minimum Gasteiger partial charge on any atom is -0.385 e. The van der Waals surface area contributed by atoms with Gasteiger partial charge in [0.15, 0.2) is 0 Å². The summed E-state index contributed by atoms with van der Waals surface area (Å²) in [6.45, 7) is 4.14. The number of nitrogens with one attached hydrogen (secondary N) is 1. The lowest BCUT2D eigenvalue weighted by molar-refractivity contribution is 0.627. The fourth-order valence-electron chi connectivity index (χ4n) is 1.94. The fraction of sp³-hybridized carbons (Fsp3) is 0.429. The molecule has 4 nitrogen and oxygen atoms in total. The first kappa shape index (κ1) is 12.6. The van der Waals surface area contributed by atoms with Crippen LogP contribution in [-0.2, 0) is 13.0 Å². The third kappa shape index (κ3) is 3.58. The van der Waals surface area contributed by atoms with Gasteiger partial charge >= 0.3 is 0 Å². The van der Waals surface area contributed by atoms with Crippen molar-refractivity contribution in [3.8, 4) is 0 Å². The molecular weight excluding hydrogens is 224 g/mol. The molecule has 2 rings (SSSR count). The molecule has 0 spiro atoms. The van der Waals surface area contributed by atoms with Gasteiger partial charge in [0.05, 0.1) is 0 Å². The van der Waals surface area contributed by atoms with Crippen molar-refractivity contribution < 1.29 is 0 Å². The quantitative estimate of drug-likeness (QED) is 0.761. The van der Waals surface area contributed by atoms with E-state index in [1.807, 2.05) is 24.5 Å². The van der Waals surface area contributed by atoms with Crippen molar-refractivity contribution in [1.82, 2.24) is 14.8 Å². The van der Waals surface area contributed by atoms with Gasteiger partial charge in [-0.3, -0.25) is 0 Å². The second-order valence-corrected chi connectivity index (χ2v) is 4.34. The highest BCUT2D eigenvalue weighted by molar-refractivity contribution is 5.42. The van der Waals surface area contributed by atoms with E-state index in [2.05, 4.69) is 39.1 Å². The van der Waals surface area contributed by atoms with Gasteiger partial charge in [-0.2, -0.15) is 0 Å². The number of para-hydroxylation sites is 1. The number of nitrogens with zero attached hydrogens (tertiary/aromatic N) is 3. The van der Waals surface area contributed by atoms with Gasteiger partial charge in [0.25, 0.3) is 0 Å². The highest BCUT2D eigenvalue weighted by Crippen LogP contribution is 2.06. The first-order valence-electron chi connectivity index (χ1n) is 6.55. The van der Waals surface area contributed by atoms with Gasteiger partial charge in [-0.1, -0.05) is 25.1 Å². The molecule has 0 aliphatic rings. The summed E-state index contributed by atoms with van der Waals surface area (Å²) in [5, 5.41) is 11.5. The molecule has 0 bridgehead atoms. The highest BCUT2D eigenvalue weighted by atomic mass is 15.3. The maximum absolute atomic E-state index is 4.16. The van der Waals surface area contributed by atoms with E-state index in [4.69, 9.17) is 0 Å². The number of rotatable bonds is 7. The Kier molecular flexibility index (Phi) is 4.76. The Hall–Kier alpha value is -1.84. The van der Waals surface area contributed by atoms with E-state index >= 15 is 0 Å². The summed E-state index contributed by atoms with van der Waals surface area (Å²) in [5.41, 5.74) is 1.17. The van der Waals surface area contributed by atoms with Crippen LogP contribution < -0.4 is 5.32 Å². The van der Waals surface area contributed by atoms with E-state index in [0.717, 1.165) is 38.2 Å². The molecule has 1 N–H and O–H groups in total. The summed E-state index contributed by atoms with van der Waals surface area (Å²) in [6.07, 6.45) is 4.98. The Labute approximate surface area is 108 Å². The van der Waals surface area contributed by atoms with Crippen molar-refractivity contribution in [1.29, 1.82) is 0 Å². The Morgan fingerprint density at radius 1 is 1.22 bits per heavy atom. The van der Waals surface area contributed by atoms with Crippen LogP contribution in [-0.4, -0.2) is 21.3 Å².